The lowest BCUT2D eigenvalue weighted by Gasteiger charge is -2.22. The molecule has 1 aromatic carbocycles. The second-order valence-electron chi connectivity index (χ2n) is 6.45. The van der Waals surface area contributed by atoms with Crippen molar-refractivity contribution < 1.29 is 19.5 Å². The first-order valence-electron chi connectivity index (χ1n) is 8.25. The van der Waals surface area contributed by atoms with E-state index < -0.39 is 5.97 Å². The van der Waals surface area contributed by atoms with Gasteiger partial charge >= 0.3 is 5.97 Å². The highest BCUT2D eigenvalue weighted by Crippen LogP contribution is 2.23. The second-order valence-corrected chi connectivity index (χ2v) is 6.45. The lowest BCUT2D eigenvalue weighted by atomic mass is 10.00. The van der Waals surface area contributed by atoms with Crippen molar-refractivity contribution in [3.63, 3.8) is 0 Å². The molecule has 1 saturated heterocycles. The first-order valence-corrected chi connectivity index (χ1v) is 8.25. The zero-order chi connectivity index (χ0) is 17.7. The lowest BCUT2D eigenvalue weighted by molar-refractivity contribution is -0.137. The molecule has 0 saturated carbocycles. The summed E-state index contributed by atoms with van der Waals surface area (Å²) in [6.07, 6.45) is 0.506. The van der Waals surface area contributed by atoms with Crippen LogP contribution in [0.4, 0.5) is 0 Å². The number of amides is 2. The van der Waals surface area contributed by atoms with E-state index in [1.54, 1.807) is 4.90 Å². The van der Waals surface area contributed by atoms with Crippen molar-refractivity contribution in [2.45, 2.75) is 45.2 Å². The third-order valence-electron chi connectivity index (χ3n) is 4.32. The van der Waals surface area contributed by atoms with Gasteiger partial charge < -0.3 is 15.3 Å². The lowest BCUT2D eigenvalue weighted by Crippen LogP contribution is -2.37. The largest absolute Gasteiger partial charge is 0.481 e. The summed E-state index contributed by atoms with van der Waals surface area (Å²) in [6.45, 7) is 4.28. The minimum absolute atomic E-state index is 0.00746. The number of aliphatic carboxylic acids is 1. The van der Waals surface area contributed by atoms with Crippen LogP contribution in [0.5, 0.6) is 0 Å². The Bertz CT molecular complexity index is 600. The molecule has 1 aliphatic rings. The number of hydrogen-bond donors (Lipinski definition) is 2. The first-order chi connectivity index (χ1) is 11.4. The molecule has 2 N–H and O–H groups in total. The quantitative estimate of drug-likeness (QED) is 0.799. The van der Waals surface area contributed by atoms with Crippen molar-refractivity contribution in [3.8, 4) is 0 Å². The molecule has 6 heteroatoms. The van der Waals surface area contributed by atoms with Gasteiger partial charge in [-0.3, -0.25) is 14.4 Å². The van der Waals surface area contributed by atoms with E-state index in [0.717, 1.165) is 5.56 Å². The van der Waals surface area contributed by atoms with Gasteiger partial charge in [-0.15, -0.1) is 0 Å². The maximum Gasteiger partial charge on any atom is 0.303 e. The summed E-state index contributed by atoms with van der Waals surface area (Å²) in [5.74, 6) is -1.47. The van der Waals surface area contributed by atoms with Gasteiger partial charge in [0, 0.05) is 25.4 Å². The van der Waals surface area contributed by atoms with E-state index in [4.69, 9.17) is 5.11 Å². The van der Waals surface area contributed by atoms with E-state index in [1.165, 1.54) is 0 Å². The van der Waals surface area contributed by atoms with E-state index in [1.807, 2.05) is 44.2 Å². The maximum atomic E-state index is 12.6. The van der Waals surface area contributed by atoms with E-state index in [-0.39, 0.29) is 42.7 Å². The number of rotatable bonds is 7. The Morgan fingerprint density at radius 2 is 1.96 bits per heavy atom. The van der Waals surface area contributed by atoms with Crippen molar-refractivity contribution >= 4 is 17.8 Å². The van der Waals surface area contributed by atoms with E-state index in [2.05, 4.69) is 5.32 Å². The number of carbonyl (C=O) groups is 3. The SMILES string of the molecule is CC(C)N1C[C@@H](C(=O)N[C@@H](CCC(=O)O)c2ccccc2)CC1=O. The molecule has 24 heavy (non-hydrogen) atoms. The predicted octanol–water partition coefficient (Wildman–Crippen LogP) is 1.97. The van der Waals surface area contributed by atoms with Crippen LogP contribution >= 0.6 is 0 Å². The zero-order valence-corrected chi connectivity index (χ0v) is 14.1. The Labute approximate surface area is 141 Å². The third-order valence-corrected chi connectivity index (χ3v) is 4.32. The van der Waals surface area contributed by atoms with Crippen LogP contribution in [0.25, 0.3) is 0 Å². The number of carboxylic acids is 1. The van der Waals surface area contributed by atoms with Crippen LogP contribution in [0.2, 0.25) is 0 Å². The maximum absolute atomic E-state index is 12.6. The van der Waals surface area contributed by atoms with Crippen LogP contribution in [0.15, 0.2) is 30.3 Å². The number of hydrogen-bond acceptors (Lipinski definition) is 3. The van der Waals surface area contributed by atoms with Crippen LogP contribution < -0.4 is 5.32 Å². The van der Waals surface area contributed by atoms with Crippen LogP contribution in [0.3, 0.4) is 0 Å². The standard InChI is InChI=1S/C18H24N2O4/c1-12(2)20-11-14(10-16(20)21)18(24)19-15(8-9-17(22)23)13-6-4-3-5-7-13/h3-7,12,14-15H,8-11H2,1-2H3,(H,19,24)(H,22,23)/t14-,15-/m0/s1. The van der Waals surface area contributed by atoms with Gasteiger partial charge in [0.05, 0.1) is 12.0 Å². The molecule has 0 spiro atoms. The van der Waals surface area contributed by atoms with Crippen LogP contribution in [0.1, 0.15) is 44.7 Å². The summed E-state index contributed by atoms with van der Waals surface area (Å²) in [4.78, 5) is 37.1. The summed E-state index contributed by atoms with van der Waals surface area (Å²) in [5.41, 5.74) is 0.872. The van der Waals surface area contributed by atoms with Crippen LogP contribution in [-0.2, 0) is 14.4 Å². The molecule has 0 unspecified atom stereocenters. The molecule has 6 nitrogen and oxygen atoms in total. The Morgan fingerprint density at radius 3 is 2.50 bits per heavy atom. The predicted molar refractivity (Wildman–Crippen MR) is 89.2 cm³/mol. The summed E-state index contributed by atoms with van der Waals surface area (Å²) in [7, 11) is 0. The molecule has 2 atom stereocenters. The van der Waals surface area contributed by atoms with Gasteiger partial charge in [-0.1, -0.05) is 30.3 Å². The molecule has 2 rings (SSSR count). The molecule has 2 amide bonds. The molecular weight excluding hydrogens is 308 g/mol. The molecule has 0 aromatic heterocycles. The molecule has 1 fully saturated rings. The number of carboxylic acid groups (broad SMARTS) is 1. The van der Waals surface area contributed by atoms with E-state index >= 15 is 0 Å². The average Bonchev–Trinajstić information content (AvgIpc) is 2.94. The molecule has 1 heterocycles. The van der Waals surface area contributed by atoms with Crippen LogP contribution in [-0.4, -0.2) is 40.4 Å². The molecular formula is C18H24N2O4. The Hall–Kier alpha value is -2.37. The summed E-state index contributed by atoms with van der Waals surface area (Å²) in [6, 6.07) is 9.03. The Kier molecular flexibility index (Phi) is 5.95. The first kappa shape index (κ1) is 18.0. The number of likely N-dealkylation sites (tertiary alicyclic amines) is 1. The third kappa shape index (κ3) is 4.57. The topological polar surface area (TPSA) is 86.7 Å². The molecule has 130 valence electrons. The highest BCUT2D eigenvalue weighted by atomic mass is 16.4. The fourth-order valence-electron chi connectivity index (χ4n) is 2.97. The van der Waals surface area contributed by atoms with Crippen molar-refractivity contribution in [3.05, 3.63) is 35.9 Å². The summed E-state index contributed by atoms with van der Waals surface area (Å²) >= 11 is 0. The average molecular weight is 332 g/mol. The number of nitrogens with zero attached hydrogens (tertiary/aromatic N) is 1. The minimum atomic E-state index is -0.896. The van der Waals surface area contributed by atoms with Crippen molar-refractivity contribution in [1.29, 1.82) is 0 Å². The van der Waals surface area contributed by atoms with Gasteiger partial charge in [0.15, 0.2) is 0 Å². The second kappa shape index (κ2) is 7.95. The van der Waals surface area contributed by atoms with Gasteiger partial charge in [-0.05, 0) is 25.8 Å². The van der Waals surface area contributed by atoms with Crippen molar-refractivity contribution in [2.24, 2.45) is 5.92 Å². The normalized spacial score (nSPS) is 18.7. The molecule has 0 aliphatic carbocycles. The number of nitrogens with one attached hydrogen (secondary N) is 1. The molecule has 0 bridgehead atoms. The smallest absolute Gasteiger partial charge is 0.303 e. The molecule has 1 aliphatic heterocycles. The molecule has 1 aromatic rings. The number of carbonyl (C=O) groups excluding carboxylic acids is 2. The van der Waals surface area contributed by atoms with E-state index in [9.17, 15) is 14.4 Å². The number of benzene rings is 1. The van der Waals surface area contributed by atoms with Crippen molar-refractivity contribution in [1.82, 2.24) is 10.2 Å². The summed E-state index contributed by atoms with van der Waals surface area (Å²) < 4.78 is 0. The van der Waals surface area contributed by atoms with Gasteiger partial charge in [0.2, 0.25) is 11.8 Å². The Balaban J connectivity index is 2.05. The molecule has 0 radical (unpaired) electrons. The van der Waals surface area contributed by atoms with Crippen LogP contribution in [0, 0.1) is 5.92 Å². The zero-order valence-electron chi connectivity index (χ0n) is 14.1. The Morgan fingerprint density at radius 1 is 1.29 bits per heavy atom. The summed E-state index contributed by atoms with van der Waals surface area (Å²) in [5, 5.41) is 11.9. The highest BCUT2D eigenvalue weighted by Gasteiger charge is 2.36. The van der Waals surface area contributed by atoms with E-state index in [0.29, 0.717) is 13.0 Å². The monoisotopic (exact) mass is 332 g/mol. The van der Waals surface area contributed by atoms with Gasteiger partial charge in [-0.2, -0.15) is 0 Å². The minimum Gasteiger partial charge on any atom is -0.481 e. The highest BCUT2D eigenvalue weighted by molar-refractivity contribution is 5.89. The fraction of sp³-hybridized carbons (Fsp3) is 0.500. The fourth-order valence-corrected chi connectivity index (χ4v) is 2.97. The van der Waals surface area contributed by atoms with Crippen molar-refractivity contribution in [2.75, 3.05) is 6.54 Å². The van der Waals surface area contributed by atoms with Gasteiger partial charge in [0.1, 0.15) is 0 Å². The van der Waals surface area contributed by atoms with Gasteiger partial charge in [0.25, 0.3) is 0 Å². The van der Waals surface area contributed by atoms with Gasteiger partial charge in [-0.25, -0.2) is 0 Å².